The molecule has 0 bridgehead atoms. The third kappa shape index (κ3) is 4.91. The van der Waals surface area contributed by atoms with E-state index in [2.05, 4.69) is 15.6 Å². The van der Waals surface area contributed by atoms with Crippen molar-refractivity contribution in [3.8, 4) is 23.1 Å². The molecule has 0 fully saturated rings. The number of nitrogens with zero attached hydrogens (tertiary/aromatic N) is 1. The number of aromatic nitrogens is 1. The molecule has 28 heavy (non-hydrogen) atoms. The lowest BCUT2D eigenvalue weighted by molar-refractivity contribution is 0.251. The van der Waals surface area contributed by atoms with E-state index >= 15 is 0 Å². The van der Waals surface area contributed by atoms with Gasteiger partial charge in [-0.2, -0.15) is 0 Å². The third-order valence-corrected chi connectivity index (χ3v) is 3.86. The van der Waals surface area contributed by atoms with Gasteiger partial charge in [0.15, 0.2) is 11.5 Å². The summed E-state index contributed by atoms with van der Waals surface area (Å²) in [5.74, 6) is 2.16. The number of hydrogen-bond acceptors (Lipinski definition) is 5. The van der Waals surface area contributed by atoms with E-state index in [4.69, 9.17) is 14.2 Å². The van der Waals surface area contributed by atoms with E-state index in [0.29, 0.717) is 35.4 Å². The Morgan fingerprint density at radius 3 is 2.61 bits per heavy atom. The SMILES string of the molecule is COc1cccc(NC(=O)NCc2cccc(Oc3ccccn3)c2)c1OC. The molecule has 3 aromatic rings. The molecule has 0 aliphatic rings. The first-order chi connectivity index (χ1) is 13.7. The number of hydrogen-bond donors (Lipinski definition) is 2. The molecule has 0 unspecified atom stereocenters. The number of rotatable bonds is 7. The highest BCUT2D eigenvalue weighted by molar-refractivity contribution is 5.91. The van der Waals surface area contributed by atoms with Crippen LogP contribution in [0, 0.1) is 0 Å². The van der Waals surface area contributed by atoms with Crippen LogP contribution in [0.5, 0.6) is 23.1 Å². The van der Waals surface area contributed by atoms with E-state index in [9.17, 15) is 4.79 Å². The van der Waals surface area contributed by atoms with Crippen molar-refractivity contribution in [1.82, 2.24) is 10.3 Å². The van der Waals surface area contributed by atoms with Gasteiger partial charge in [-0.15, -0.1) is 0 Å². The predicted molar refractivity (Wildman–Crippen MR) is 106 cm³/mol. The van der Waals surface area contributed by atoms with E-state index in [1.807, 2.05) is 36.4 Å². The second kappa shape index (κ2) is 9.27. The molecule has 1 heterocycles. The van der Waals surface area contributed by atoms with Gasteiger partial charge < -0.3 is 24.8 Å². The Balaban J connectivity index is 1.60. The molecule has 7 heteroatoms. The van der Waals surface area contributed by atoms with Crippen LogP contribution in [0.3, 0.4) is 0 Å². The van der Waals surface area contributed by atoms with Crippen molar-refractivity contribution >= 4 is 11.7 Å². The summed E-state index contributed by atoms with van der Waals surface area (Å²) in [6, 6.07) is 17.8. The van der Waals surface area contributed by atoms with Crippen LogP contribution >= 0.6 is 0 Å². The molecule has 0 saturated heterocycles. The van der Waals surface area contributed by atoms with E-state index < -0.39 is 0 Å². The Morgan fingerprint density at radius 1 is 1.00 bits per heavy atom. The number of para-hydroxylation sites is 1. The molecule has 0 spiro atoms. The van der Waals surface area contributed by atoms with E-state index in [1.165, 1.54) is 7.11 Å². The molecule has 1 aromatic heterocycles. The summed E-state index contributed by atoms with van der Waals surface area (Å²) in [4.78, 5) is 16.4. The Hall–Kier alpha value is -3.74. The smallest absolute Gasteiger partial charge is 0.319 e. The van der Waals surface area contributed by atoms with Gasteiger partial charge in [-0.25, -0.2) is 9.78 Å². The van der Waals surface area contributed by atoms with Crippen molar-refractivity contribution in [3.05, 3.63) is 72.4 Å². The summed E-state index contributed by atoms with van der Waals surface area (Å²) < 4.78 is 16.3. The maximum absolute atomic E-state index is 12.3. The van der Waals surface area contributed by atoms with Gasteiger partial charge in [-0.3, -0.25) is 0 Å². The first-order valence-corrected chi connectivity index (χ1v) is 8.63. The zero-order valence-corrected chi connectivity index (χ0v) is 15.6. The van der Waals surface area contributed by atoms with Gasteiger partial charge in [0, 0.05) is 18.8 Å². The van der Waals surface area contributed by atoms with Gasteiger partial charge in [0.25, 0.3) is 0 Å². The summed E-state index contributed by atoms with van der Waals surface area (Å²) in [6.07, 6.45) is 1.66. The van der Waals surface area contributed by atoms with Crippen molar-refractivity contribution in [2.24, 2.45) is 0 Å². The lowest BCUT2D eigenvalue weighted by Gasteiger charge is -2.14. The van der Waals surface area contributed by atoms with Crippen LogP contribution in [-0.2, 0) is 6.54 Å². The minimum Gasteiger partial charge on any atom is -0.493 e. The van der Waals surface area contributed by atoms with Crippen LogP contribution in [0.15, 0.2) is 66.9 Å². The first kappa shape index (κ1) is 19.0. The highest BCUT2D eigenvalue weighted by Crippen LogP contribution is 2.34. The second-order valence-corrected chi connectivity index (χ2v) is 5.77. The van der Waals surface area contributed by atoms with E-state index in [0.717, 1.165) is 5.56 Å². The third-order valence-electron chi connectivity index (χ3n) is 3.86. The molecule has 7 nitrogen and oxygen atoms in total. The largest absolute Gasteiger partial charge is 0.493 e. The lowest BCUT2D eigenvalue weighted by Crippen LogP contribution is -2.28. The number of ether oxygens (including phenoxy) is 3. The lowest BCUT2D eigenvalue weighted by atomic mass is 10.2. The molecule has 0 aliphatic carbocycles. The normalized spacial score (nSPS) is 10.1. The number of nitrogens with one attached hydrogen (secondary N) is 2. The molecule has 0 aliphatic heterocycles. The molecule has 2 N–H and O–H groups in total. The predicted octanol–water partition coefficient (Wildman–Crippen LogP) is 4.21. The fourth-order valence-corrected chi connectivity index (χ4v) is 2.58. The molecule has 0 saturated carbocycles. The van der Waals surface area contributed by atoms with E-state index in [-0.39, 0.29) is 6.03 Å². The highest BCUT2D eigenvalue weighted by Gasteiger charge is 2.12. The number of pyridine rings is 1. The van der Waals surface area contributed by atoms with Gasteiger partial charge in [0.1, 0.15) is 5.75 Å². The Labute approximate surface area is 163 Å². The number of benzene rings is 2. The van der Waals surface area contributed by atoms with Crippen LogP contribution in [-0.4, -0.2) is 25.2 Å². The summed E-state index contributed by atoms with van der Waals surface area (Å²) in [7, 11) is 3.07. The summed E-state index contributed by atoms with van der Waals surface area (Å²) in [5.41, 5.74) is 1.41. The maximum atomic E-state index is 12.3. The number of amides is 2. The Bertz CT molecular complexity index is 932. The zero-order chi connectivity index (χ0) is 19.8. The van der Waals surface area contributed by atoms with Gasteiger partial charge in [0.05, 0.1) is 19.9 Å². The van der Waals surface area contributed by atoms with Crippen LogP contribution in [0.25, 0.3) is 0 Å². The van der Waals surface area contributed by atoms with Crippen LogP contribution < -0.4 is 24.8 Å². The number of carbonyl (C=O) groups is 1. The number of urea groups is 1. The maximum Gasteiger partial charge on any atom is 0.319 e. The number of methoxy groups -OCH3 is 2. The fourth-order valence-electron chi connectivity index (χ4n) is 2.58. The fraction of sp³-hybridized carbons (Fsp3) is 0.143. The van der Waals surface area contributed by atoms with E-state index in [1.54, 1.807) is 37.6 Å². The van der Waals surface area contributed by atoms with Gasteiger partial charge >= 0.3 is 6.03 Å². The van der Waals surface area contributed by atoms with Crippen molar-refractivity contribution in [2.75, 3.05) is 19.5 Å². The Kier molecular flexibility index (Phi) is 6.30. The van der Waals surface area contributed by atoms with Crippen molar-refractivity contribution in [2.45, 2.75) is 6.54 Å². The Morgan fingerprint density at radius 2 is 1.86 bits per heavy atom. The average molecular weight is 379 g/mol. The van der Waals surface area contributed by atoms with Gasteiger partial charge in [0.2, 0.25) is 5.88 Å². The number of carbonyl (C=O) groups excluding carboxylic acids is 1. The minimum atomic E-state index is -0.359. The van der Waals surface area contributed by atoms with Crippen LogP contribution in [0.4, 0.5) is 10.5 Å². The minimum absolute atomic E-state index is 0.331. The highest BCUT2D eigenvalue weighted by atomic mass is 16.5. The van der Waals surface area contributed by atoms with Crippen molar-refractivity contribution in [1.29, 1.82) is 0 Å². The van der Waals surface area contributed by atoms with Crippen molar-refractivity contribution < 1.29 is 19.0 Å². The van der Waals surface area contributed by atoms with Gasteiger partial charge in [-0.1, -0.05) is 24.3 Å². The molecule has 3 rings (SSSR count). The quantitative estimate of drug-likeness (QED) is 0.643. The molecule has 2 amide bonds. The average Bonchev–Trinajstić information content (AvgIpc) is 2.73. The topological polar surface area (TPSA) is 81.7 Å². The molecular formula is C21H21N3O4. The van der Waals surface area contributed by atoms with Crippen LogP contribution in [0.1, 0.15) is 5.56 Å². The van der Waals surface area contributed by atoms with Crippen LogP contribution in [0.2, 0.25) is 0 Å². The molecule has 2 aromatic carbocycles. The monoisotopic (exact) mass is 379 g/mol. The first-order valence-electron chi connectivity index (χ1n) is 8.63. The molecule has 0 radical (unpaired) electrons. The standard InChI is InChI=1S/C21H21N3O4/c1-26-18-10-6-9-17(20(18)27-2)24-21(25)23-14-15-7-5-8-16(13-15)28-19-11-3-4-12-22-19/h3-13H,14H2,1-2H3,(H2,23,24,25). The van der Waals surface area contributed by atoms with Crippen molar-refractivity contribution in [3.63, 3.8) is 0 Å². The summed E-state index contributed by atoms with van der Waals surface area (Å²) >= 11 is 0. The zero-order valence-electron chi connectivity index (χ0n) is 15.6. The van der Waals surface area contributed by atoms with Gasteiger partial charge in [-0.05, 0) is 35.9 Å². The molecule has 144 valence electrons. The molecule has 0 atom stereocenters. The summed E-state index contributed by atoms with van der Waals surface area (Å²) in [6.45, 7) is 0.331. The molecular weight excluding hydrogens is 358 g/mol. The summed E-state index contributed by atoms with van der Waals surface area (Å²) in [5, 5.41) is 5.57. The second-order valence-electron chi connectivity index (χ2n) is 5.77. The number of anilines is 1.